The summed E-state index contributed by atoms with van der Waals surface area (Å²) >= 11 is 0. The first-order chi connectivity index (χ1) is 10.8. The highest BCUT2D eigenvalue weighted by atomic mass is 16.5. The molecule has 4 heteroatoms. The highest BCUT2D eigenvalue weighted by molar-refractivity contribution is 5.48. The Labute approximate surface area is 132 Å². The van der Waals surface area contributed by atoms with Crippen LogP contribution >= 0.6 is 0 Å². The van der Waals surface area contributed by atoms with Crippen molar-refractivity contribution in [2.45, 2.75) is 13.0 Å². The quantitative estimate of drug-likeness (QED) is 0.803. The molecule has 0 aromatic heterocycles. The molecule has 2 aromatic carbocycles. The lowest BCUT2D eigenvalue weighted by Crippen LogP contribution is -2.16. The molecule has 118 valence electrons. The predicted molar refractivity (Wildman–Crippen MR) is 88.8 cm³/mol. The van der Waals surface area contributed by atoms with E-state index in [4.69, 9.17) is 14.2 Å². The first-order valence-electron chi connectivity index (χ1n) is 7.39. The van der Waals surface area contributed by atoms with Gasteiger partial charge in [0.25, 0.3) is 0 Å². The number of benzene rings is 2. The number of ether oxygens (including phenoxy) is 3. The summed E-state index contributed by atoms with van der Waals surface area (Å²) in [5.41, 5.74) is 2.15. The average molecular weight is 301 g/mol. The molecule has 22 heavy (non-hydrogen) atoms. The van der Waals surface area contributed by atoms with Gasteiger partial charge in [-0.25, -0.2) is 0 Å². The third-order valence-corrected chi connectivity index (χ3v) is 3.34. The molecular formula is C18H23NO3. The van der Waals surface area contributed by atoms with E-state index >= 15 is 0 Å². The smallest absolute Gasteiger partial charge is 0.161 e. The van der Waals surface area contributed by atoms with Gasteiger partial charge in [0, 0.05) is 12.8 Å². The van der Waals surface area contributed by atoms with Crippen LogP contribution in [0.2, 0.25) is 0 Å². The minimum Gasteiger partial charge on any atom is -0.493 e. The van der Waals surface area contributed by atoms with Crippen molar-refractivity contribution in [1.82, 2.24) is 0 Å². The van der Waals surface area contributed by atoms with Gasteiger partial charge < -0.3 is 19.5 Å². The van der Waals surface area contributed by atoms with Crippen LogP contribution in [0.1, 0.15) is 18.5 Å². The van der Waals surface area contributed by atoms with Gasteiger partial charge in [0.1, 0.15) is 0 Å². The van der Waals surface area contributed by atoms with E-state index in [1.54, 1.807) is 14.2 Å². The molecule has 0 saturated carbocycles. The minimum atomic E-state index is 0.0394. The fourth-order valence-electron chi connectivity index (χ4n) is 2.30. The first-order valence-corrected chi connectivity index (χ1v) is 7.39. The number of rotatable bonds is 8. The number of nitrogens with one attached hydrogen (secondary N) is 1. The van der Waals surface area contributed by atoms with Gasteiger partial charge in [-0.2, -0.15) is 0 Å². The van der Waals surface area contributed by atoms with E-state index in [0.717, 1.165) is 22.7 Å². The van der Waals surface area contributed by atoms with Gasteiger partial charge in [-0.1, -0.05) is 24.3 Å². The molecule has 0 amide bonds. The highest BCUT2D eigenvalue weighted by Gasteiger charge is 2.14. The zero-order chi connectivity index (χ0) is 15.8. The first kappa shape index (κ1) is 16.2. The molecule has 0 aliphatic rings. The second kappa shape index (κ2) is 8.29. The summed E-state index contributed by atoms with van der Waals surface area (Å²) in [6.45, 7) is 3.12. The Balaban J connectivity index is 2.25. The summed E-state index contributed by atoms with van der Waals surface area (Å²) in [5, 5.41) is 3.48. The lowest BCUT2D eigenvalue weighted by molar-refractivity contribution is 0.186. The number of methoxy groups -OCH3 is 2. The van der Waals surface area contributed by atoms with Crippen molar-refractivity contribution in [3.8, 4) is 11.5 Å². The van der Waals surface area contributed by atoms with E-state index in [9.17, 15) is 0 Å². The SMILES string of the molecule is CCOc1cc(C(COC)Nc2ccccc2)ccc1OC. The molecule has 4 nitrogen and oxygen atoms in total. The van der Waals surface area contributed by atoms with E-state index in [2.05, 4.69) is 5.32 Å². The fraction of sp³-hybridized carbons (Fsp3) is 0.333. The van der Waals surface area contributed by atoms with Gasteiger partial charge in [-0.3, -0.25) is 0 Å². The van der Waals surface area contributed by atoms with Crippen LogP contribution in [-0.2, 0) is 4.74 Å². The number of para-hydroxylation sites is 1. The highest BCUT2D eigenvalue weighted by Crippen LogP contribution is 2.31. The number of anilines is 1. The van der Waals surface area contributed by atoms with Crippen molar-refractivity contribution in [3.63, 3.8) is 0 Å². The van der Waals surface area contributed by atoms with E-state index in [1.165, 1.54) is 0 Å². The molecule has 0 aliphatic carbocycles. The van der Waals surface area contributed by atoms with E-state index in [-0.39, 0.29) is 6.04 Å². The van der Waals surface area contributed by atoms with Gasteiger partial charge >= 0.3 is 0 Å². The Hall–Kier alpha value is -2.20. The van der Waals surface area contributed by atoms with Crippen LogP contribution in [0, 0.1) is 0 Å². The van der Waals surface area contributed by atoms with Gasteiger partial charge in [-0.05, 0) is 36.8 Å². The zero-order valence-electron chi connectivity index (χ0n) is 13.3. The number of hydrogen-bond donors (Lipinski definition) is 1. The lowest BCUT2D eigenvalue weighted by Gasteiger charge is -2.21. The maximum absolute atomic E-state index is 5.65. The molecule has 2 rings (SSSR count). The van der Waals surface area contributed by atoms with Crippen LogP contribution in [0.15, 0.2) is 48.5 Å². The van der Waals surface area contributed by atoms with Crippen molar-refractivity contribution in [2.24, 2.45) is 0 Å². The fourth-order valence-corrected chi connectivity index (χ4v) is 2.30. The number of hydrogen-bond acceptors (Lipinski definition) is 4. The summed E-state index contributed by atoms with van der Waals surface area (Å²) in [5.74, 6) is 1.49. The van der Waals surface area contributed by atoms with Crippen LogP contribution in [0.25, 0.3) is 0 Å². The van der Waals surface area contributed by atoms with Gasteiger partial charge in [0.05, 0.1) is 26.4 Å². The zero-order valence-corrected chi connectivity index (χ0v) is 13.3. The Kier molecular flexibility index (Phi) is 6.10. The normalized spacial score (nSPS) is 11.8. The van der Waals surface area contributed by atoms with Crippen molar-refractivity contribution >= 4 is 5.69 Å². The molecule has 0 saturated heterocycles. The Bertz CT molecular complexity index is 572. The molecule has 1 N–H and O–H groups in total. The molecule has 0 fully saturated rings. The standard InChI is InChI=1S/C18H23NO3/c1-4-22-18-12-14(10-11-17(18)21-3)16(13-20-2)19-15-8-6-5-7-9-15/h5-12,16,19H,4,13H2,1-3H3. The third-order valence-electron chi connectivity index (χ3n) is 3.34. The summed E-state index contributed by atoms with van der Waals surface area (Å²) in [7, 11) is 3.35. The molecular weight excluding hydrogens is 278 g/mol. The van der Waals surface area contributed by atoms with Crippen LogP contribution < -0.4 is 14.8 Å². The molecule has 0 bridgehead atoms. The van der Waals surface area contributed by atoms with Gasteiger partial charge in [0.2, 0.25) is 0 Å². The molecule has 2 aromatic rings. The Morgan fingerprint density at radius 2 is 1.77 bits per heavy atom. The summed E-state index contributed by atoms with van der Waals surface area (Å²) in [4.78, 5) is 0. The summed E-state index contributed by atoms with van der Waals surface area (Å²) < 4.78 is 16.3. The van der Waals surface area contributed by atoms with E-state index in [1.807, 2.05) is 55.5 Å². The second-order valence-corrected chi connectivity index (χ2v) is 4.86. The lowest BCUT2D eigenvalue weighted by atomic mass is 10.1. The molecule has 0 spiro atoms. The van der Waals surface area contributed by atoms with Gasteiger partial charge in [0.15, 0.2) is 11.5 Å². The molecule has 1 unspecified atom stereocenters. The Morgan fingerprint density at radius 3 is 2.41 bits per heavy atom. The molecule has 0 aliphatic heterocycles. The molecule has 0 heterocycles. The molecule has 0 radical (unpaired) electrons. The largest absolute Gasteiger partial charge is 0.493 e. The van der Waals surface area contributed by atoms with E-state index in [0.29, 0.717) is 13.2 Å². The van der Waals surface area contributed by atoms with Crippen molar-refractivity contribution in [1.29, 1.82) is 0 Å². The maximum Gasteiger partial charge on any atom is 0.161 e. The van der Waals surface area contributed by atoms with Crippen molar-refractivity contribution < 1.29 is 14.2 Å². The van der Waals surface area contributed by atoms with Crippen LogP contribution in [-0.4, -0.2) is 27.4 Å². The van der Waals surface area contributed by atoms with Crippen molar-refractivity contribution in [3.05, 3.63) is 54.1 Å². The van der Waals surface area contributed by atoms with Crippen LogP contribution in [0.3, 0.4) is 0 Å². The topological polar surface area (TPSA) is 39.7 Å². The predicted octanol–water partition coefficient (Wildman–Crippen LogP) is 3.89. The minimum absolute atomic E-state index is 0.0394. The summed E-state index contributed by atoms with van der Waals surface area (Å²) in [6.07, 6.45) is 0. The Morgan fingerprint density at radius 1 is 1.00 bits per heavy atom. The summed E-state index contributed by atoms with van der Waals surface area (Å²) in [6, 6.07) is 16.1. The molecule has 1 atom stereocenters. The van der Waals surface area contributed by atoms with Crippen LogP contribution in [0.4, 0.5) is 5.69 Å². The second-order valence-electron chi connectivity index (χ2n) is 4.86. The van der Waals surface area contributed by atoms with Crippen LogP contribution in [0.5, 0.6) is 11.5 Å². The average Bonchev–Trinajstić information content (AvgIpc) is 2.56. The monoisotopic (exact) mass is 301 g/mol. The van der Waals surface area contributed by atoms with E-state index < -0.39 is 0 Å². The maximum atomic E-state index is 5.65. The van der Waals surface area contributed by atoms with Crippen molar-refractivity contribution in [2.75, 3.05) is 32.8 Å². The van der Waals surface area contributed by atoms with Gasteiger partial charge in [-0.15, -0.1) is 0 Å². The third kappa shape index (κ3) is 4.15.